The fourth-order valence-corrected chi connectivity index (χ4v) is 2.57. The van der Waals surface area contributed by atoms with Gasteiger partial charge in [0.15, 0.2) is 15.6 Å². The maximum absolute atomic E-state index is 11.9. The Labute approximate surface area is 108 Å². The van der Waals surface area contributed by atoms with Crippen molar-refractivity contribution in [2.45, 2.75) is 36.8 Å². The third-order valence-corrected chi connectivity index (χ3v) is 4.90. The third-order valence-electron chi connectivity index (χ3n) is 2.73. The maximum atomic E-state index is 11.9. The van der Waals surface area contributed by atoms with Gasteiger partial charge in [-0.3, -0.25) is 4.79 Å². The van der Waals surface area contributed by atoms with E-state index in [0.29, 0.717) is 24.9 Å². The van der Waals surface area contributed by atoms with Crippen LogP contribution in [-0.4, -0.2) is 26.0 Å². The molecule has 1 rings (SSSR count). The summed E-state index contributed by atoms with van der Waals surface area (Å²) < 4.78 is 23.8. The SMILES string of the molecule is CC(C)S(=O)(=O)c1ccc(C(=O)CCCN)cc1. The van der Waals surface area contributed by atoms with E-state index in [1.807, 2.05) is 0 Å². The molecule has 5 heteroatoms. The molecule has 0 radical (unpaired) electrons. The summed E-state index contributed by atoms with van der Waals surface area (Å²) in [6, 6.07) is 6.11. The van der Waals surface area contributed by atoms with Gasteiger partial charge in [-0.05, 0) is 38.9 Å². The van der Waals surface area contributed by atoms with Crippen LogP contribution >= 0.6 is 0 Å². The Bertz CT molecular complexity index is 504. The van der Waals surface area contributed by atoms with E-state index >= 15 is 0 Å². The molecule has 0 bridgehead atoms. The fourth-order valence-electron chi connectivity index (χ4n) is 1.51. The second-order valence-corrected chi connectivity index (χ2v) is 6.94. The molecule has 4 nitrogen and oxygen atoms in total. The quantitative estimate of drug-likeness (QED) is 0.799. The first-order chi connectivity index (χ1) is 8.39. The van der Waals surface area contributed by atoms with Crippen molar-refractivity contribution in [2.75, 3.05) is 6.54 Å². The van der Waals surface area contributed by atoms with E-state index in [2.05, 4.69) is 0 Å². The topological polar surface area (TPSA) is 77.2 Å². The van der Waals surface area contributed by atoms with Gasteiger partial charge in [-0.25, -0.2) is 8.42 Å². The molecule has 1 aromatic rings. The molecule has 0 amide bonds. The minimum Gasteiger partial charge on any atom is -0.330 e. The van der Waals surface area contributed by atoms with Gasteiger partial charge in [-0.1, -0.05) is 12.1 Å². The summed E-state index contributed by atoms with van der Waals surface area (Å²) in [5, 5.41) is -0.462. The van der Waals surface area contributed by atoms with Gasteiger partial charge in [-0.15, -0.1) is 0 Å². The maximum Gasteiger partial charge on any atom is 0.180 e. The highest BCUT2D eigenvalue weighted by Crippen LogP contribution is 2.17. The molecule has 0 fully saturated rings. The van der Waals surface area contributed by atoms with Crippen molar-refractivity contribution in [1.82, 2.24) is 0 Å². The summed E-state index contributed by atoms with van der Waals surface area (Å²) in [7, 11) is -3.27. The lowest BCUT2D eigenvalue weighted by Crippen LogP contribution is -2.14. The molecule has 0 spiro atoms. The molecule has 0 unspecified atom stereocenters. The molecular weight excluding hydrogens is 250 g/mol. The molecule has 0 saturated heterocycles. The second-order valence-electron chi connectivity index (χ2n) is 4.43. The first-order valence-electron chi connectivity index (χ1n) is 5.97. The minimum atomic E-state index is -3.27. The number of carbonyl (C=O) groups excluding carboxylic acids is 1. The summed E-state index contributed by atoms with van der Waals surface area (Å²) in [6.45, 7) is 3.75. The number of hydrogen-bond donors (Lipinski definition) is 1. The van der Waals surface area contributed by atoms with Crippen LogP contribution in [0.5, 0.6) is 0 Å². The van der Waals surface area contributed by atoms with Gasteiger partial charge in [0.05, 0.1) is 10.1 Å². The average molecular weight is 269 g/mol. The monoisotopic (exact) mass is 269 g/mol. The molecule has 1 aromatic carbocycles. The Balaban J connectivity index is 2.90. The van der Waals surface area contributed by atoms with Gasteiger partial charge in [0.2, 0.25) is 0 Å². The van der Waals surface area contributed by atoms with Crippen LogP contribution in [0.1, 0.15) is 37.0 Å². The second kappa shape index (κ2) is 6.11. The molecule has 100 valence electrons. The summed E-state index contributed by atoms with van der Waals surface area (Å²) in [5.41, 5.74) is 5.87. The number of rotatable bonds is 6. The lowest BCUT2D eigenvalue weighted by Gasteiger charge is -2.08. The van der Waals surface area contributed by atoms with Gasteiger partial charge in [0.25, 0.3) is 0 Å². The van der Waals surface area contributed by atoms with Gasteiger partial charge >= 0.3 is 0 Å². The van der Waals surface area contributed by atoms with Crippen molar-refractivity contribution in [3.63, 3.8) is 0 Å². The Morgan fingerprint density at radius 1 is 1.22 bits per heavy atom. The van der Waals surface area contributed by atoms with Crippen LogP contribution in [0, 0.1) is 0 Å². The summed E-state index contributed by atoms with van der Waals surface area (Å²) in [4.78, 5) is 12.0. The molecule has 0 saturated carbocycles. The molecule has 2 N–H and O–H groups in total. The summed E-state index contributed by atoms with van der Waals surface area (Å²) >= 11 is 0. The Morgan fingerprint density at radius 3 is 2.22 bits per heavy atom. The highest BCUT2D eigenvalue weighted by molar-refractivity contribution is 7.92. The number of nitrogens with two attached hydrogens (primary N) is 1. The van der Waals surface area contributed by atoms with Crippen molar-refractivity contribution in [2.24, 2.45) is 5.73 Å². The normalized spacial score (nSPS) is 11.8. The van der Waals surface area contributed by atoms with Crippen molar-refractivity contribution < 1.29 is 13.2 Å². The standard InChI is InChI=1S/C13H19NO3S/c1-10(2)18(16,17)12-7-5-11(6-8-12)13(15)4-3-9-14/h5-8,10H,3-4,9,14H2,1-2H3. The predicted molar refractivity (Wildman–Crippen MR) is 71.4 cm³/mol. The first-order valence-corrected chi connectivity index (χ1v) is 7.51. The molecule has 18 heavy (non-hydrogen) atoms. The Kier molecular flexibility index (Phi) is 5.04. The van der Waals surface area contributed by atoms with Crippen molar-refractivity contribution in [3.05, 3.63) is 29.8 Å². The van der Waals surface area contributed by atoms with E-state index < -0.39 is 15.1 Å². The van der Waals surface area contributed by atoms with Crippen LogP contribution in [0.15, 0.2) is 29.2 Å². The van der Waals surface area contributed by atoms with Crippen LogP contribution in [0.25, 0.3) is 0 Å². The molecule has 0 heterocycles. The molecule has 0 aliphatic heterocycles. The third kappa shape index (κ3) is 3.40. The van der Waals surface area contributed by atoms with Crippen LogP contribution in [0.4, 0.5) is 0 Å². The number of benzene rings is 1. The van der Waals surface area contributed by atoms with E-state index in [-0.39, 0.29) is 10.7 Å². The van der Waals surface area contributed by atoms with E-state index in [9.17, 15) is 13.2 Å². The van der Waals surface area contributed by atoms with Crippen molar-refractivity contribution >= 4 is 15.6 Å². The average Bonchev–Trinajstić information content (AvgIpc) is 2.35. The lowest BCUT2D eigenvalue weighted by atomic mass is 10.1. The van der Waals surface area contributed by atoms with Crippen LogP contribution in [0.3, 0.4) is 0 Å². The molecule has 0 aliphatic rings. The van der Waals surface area contributed by atoms with Crippen LogP contribution < -0.4 is 5.73 Å². The van der Waals surface area contributed by atoms with Crippen LogP contribution in [0.2, 0.25) is 0 Å². The minimum absolute atomic E-state index is 0.00561. The van der Waals surface area contributed by atoms with Crippen LogP contribution in [-0.2, 0) is 9.84 Å². The van der Waals surface area contributed by atoms with Gasteiger partial charge in [0, 0.05) is 12.0 Å². The largest absolute Gasteiger partial charge is 0.330 e. The van der Waals surface area contributed by atoms with Gasteiger partial charge < -0.3 is 5.73 Å². The lowest BCUT2D eigenvalue weighted by molar-refractivity contribution is 0.0980. The fraction of sp³-hybridized carbons (Fsp3) is 0.462. The number of Topliss-reactive ketones (excluding diaryl/α,β-unsaturated/α-hetero) is 1. The number of carbonyl (C=O) groups is 1. The van der Waals surface area contributed by atoms with Crippen molar-refractivity contribution in [1.29, 1.82) is 0 Å². The highest BCUT2D eigenvalue weighted by atomic mass is 32.2. The zero-order valence-electron chi connectivity index (χ0n) is 10.7. The van der Waals surface area contributed by atoms with E-state index in [4.69, 9.17) is 5.73 Å². The number of ketones is 1. The number of hydrogen-bond acceptors (Lipinski definition) is 4. The summed E-state index contributed by atoms with van der Waals surface area (Å²) in [6.07, 6.45) is 1.04. The number of sulfone groups is 1. The molecular formula is C13H19NO3S. The zero-order valence-corrected chi connectivity index (χ0v) is 11.5. The highest BCUT2D eigenvalue weighted by Gasteiger charge is 2.19. The summed E-state index contributed by atoms with van der Waals surface area (Å²) in [5.74, 6) is -0.00561. The molecule has 0 aromatic heterocycles. The molecule has 0 aliphatic carbocycles. The molecule has 0 atom stereocenters. The predicted octanol–water partition coefficient (Wildman–Crippen LogP) is 1.79. The van der Waals surface area contributed by atoms with E-state index in [1.54, 1.807) is 26.0 Å². The van der Waals surface area contributed by atoms with Crippen molar-refractivity contribution in [3.8, 4) is 0 Å². The van der Waals surface area contributed by atoms with Gasteiger partial charge in [0.1, 0.15) is 0 Å². The smallest absolute Gasteiger partial charge is 0.180 e. The zero-order chi connectivity index (χ0) is 13.8. The first kappa shape index (κ1) is 14.9. The van der Waals surface area contributed by atoms with E-state index in [1.165, 1.54) is 12.1 Å². The van der Waals surface area contributed by atoms with Gasteiger partial charge in [-0.2, -0.15) is 0 Å². The van der Waals surface area contributed by atoms with E-state index in [0.717, 1.165) is 0 Å². The Hall–Kier alpha value is -1.20. The Morgan fingerprint density at radius 2 is 1.78 bits per heavy atom.